The molecule has 0 aromatic rings. The summed E-state index contributed by atoms with van der Waals surface area (Å²) in [6.07, 6.45) is 2.44. The van der Waals surface area contributed by atoms with Crippen LogP contribution in [0, 0.1) is 11.3 Å². The van der Waals surface area contributed by atoms with Crippen LogP contribution in [-0.4, -0.2) is 35.5 Å². The van der Waals surface area contributed by atoms with E-state index in [1.54, 1.807) is 0 Å². The van der Waals surface area contributed by atoms with Crippen LogP contribution in [-0.2, 0) is 14.4 Å². The van der Waals surface area contributed by atoms with Crippen molar-refractivity contribution in [3.8, 4) is 0 Å². The lowest BCUT2D eigenvalue weighted by atomic mass is 9.76. The van der Waals surface area contributed by atoms with Gasteiger partial charge in [-0.2, -0.15) is 0 Å². The lowest BCUT2D eigenvalue weighted by molar-refractivity contribution is -0.137. The topological polar surface area (TPSA) is 95.5 Å². The van der Waals surface area contributed by atoms with Crippen LogP contribution in [0.3, 0.4) is 0 Å². The third-order valence-corrected chi connectivity index (χ3v) is 4.04. The highest BCUT2D eigenvalue weighted by Gasteiger charge is 2.28. The zero-order chi connectivity index (χ0) is 16.0. The van der Waals surface area contributed by atoms with Gasteiger partial charge in [0.15, 0.2) is 0 Å². The number of aliphatic carboxylic acids is 1. The van der Waals surface area contributed by atoms with Crippen molar-refractivity contribution in [1.29, 1.82) is 0 Å². The maximum absolute atomic E-state index is 11.9. The number of rotatable bonds is 7. The standard InChI is InChI=1S/C15H26N2O4/c1-15(2,3)10(4-7-13(19)20)8-9-16-14(21)11-5-6-12(18)17-11/h10-11H,4-9H2,1-3H3,(H,16,21)(H,17,18)(H,19,20)/t10?,11-/m0/s1. The van der Waals surface area contributed by atoms with E-state index in [0.29, 0.717) is 25.8 Å². The van der Waals surface area contributed by atoms with E-state index in [-0.39, 0.29) is 29.6 Å². The fourth-order valence-electron chi connectivity index (χ4n) is 2.61. The molecule has 1 rings (SSSR count). The molecule has 2 amide bonds. The predicted molar refractivity (Wildman–Crippen MR) is 78.6 cm³/mol. The summed E-state index contributed by atoms with van der Waals surface area (Å²) in [5, 5.41) is 14.3. The average Bonchev–Trinajstić information content (AvgIpc) is 2.78. The van der Waals surface area contributed by atoms with Gasteiger partial charge in [-0.3, -0.25) is 14.4 Å². The number of carbonyl (C=O) groups is 3. The molecule has 21 heavy (non-hydrogen) atoms. The maximum atomic E-state index is 11.9. The van der Waals surface area contributed by atoms with E-state index < -0.39 is 12.0 Å². The summed E-state index contributed by atoms with van der Waals surface area (Å²) < 4.78 is 0. The zero-order valence-corrected chi connectivity index (χ0v) is 13.1. The van der Waals surface area contributed by atoms with Gasteiger partial charge in [-0.1, -0.05) is 20.8 Å². The quantitative estimate of drug-likeness (QED) is 0.660. The Morgan fingerprint density at radius 3 is 2.52 bits per heavy atom. The Hall–Kier alpha value is -1.59. The largest absolute Gasteiger partial charge is 0.481 e. The van der Waals surface area contributed by atoms with Gasteiger partial charge >= 0.3 is 5.97 Å². The van der Waals surface area contributed by atoms with Gasteiger partial charge in [0.25, 0.3) is 0 Å². The van der Waals surface area contributed by atoms with Crippen molar-refractivity contribution in [1.82, 2.24) is 10.6 Å². The monoisotopic (exact) mass is 298 g/mol. The smallest absolute Gasteiger partial charge is 0.303 e. The number of carboxylic acids is 1. The van der Waals surface area contributed by atoms with Crippen molar-refractivity contribution in [3.63, 3.8) is 0 Å². The van der Waals surface area contributed by atoms with E-state index in [2.05, 4.69) is 31.4 Å². The van der Waals surface area contributed by atoms with Crippen molar-refractivity contribution >= 4 is 17.8 Å². The number of nitrogens with one attached hydrogen (secondary N) is 2. The summed E-state index contributed by atoms with van der Waals surface area (Å²) in [7, 11) is 0. The van der Waals surface area contributed by atoms with Crippen molar-refractivity contribution < 1.29 is 19.5 Å². The molecule has 0 aromatic carbocycles. The van der Waals surface area contributed by atoms with Gasteiger partial charge in [0.05, 0.1) is 0 Å². The van der Waals surface area contributed by atoms with E-state index in [9.17, 15) is 14.4 Å². The second kappa shape index (κ2) is 7.43. The molecule has 1 unspecified atom stereocenters. The van der Waals surface area contributed by atoms with Crippen LogP contribution in [0.5, 0.6) is 0 Å². The molecular weight excluding hydrogens is 272 g/mol. The van der Waals surface area contributed by atoms with Gasteiger partial charge in [0.1, 0.15) is 6.04 Å². The number of carbonyl (C=O) groups excluding carboxylic acids is 2. The molecule has 0 spiro atoms. The van der Waals surface area contributed by atoms with Crippen LogP contribution < -0.4 is 10.6 Å². The van der Waals surface area contributed by atoms with E-state index in [1.165, 1.54) is 0 Å². The van der Waals surface area contributed by atoms with Crippen LogP contribution in [0.1, 0.15) is 52.9 Å². The van der Waals surface area contributed by atoms with E-state index >= 15 is 0 Å². The van der Waals surface area contributed by atoms with Crippen molar-refractivity contribution in [2.24, 2.45) is 11.3 Å². The van der Waals surface area contributed by atoms with Gasteiger partial charge in [-0.25, -0.2) is 0 Å². The molecule has 0 bridgehead atoms. The summed E-state index contributed by atoms with van der Waals surface area (Å²) in [4.78, 5) is 33.6. The Balaban J connectivity index is 2.37. The first kappa shape index (κ1) is 17.5. The predicted octanol–water partition coefficient (Wildman–Crippen LogP) is 1.30. The number of hydrogen-bond donors (Lipinski definition) is 3. The van der Waals surface area contributed by atoms with Crippen molar-refractivity contribution in [2.45, 2.75) is 58.9 Å². The highest BCUT2D eigenvalue weighted by Crippen LogP contribution is 2.32. The summed E-state index contributed by atoms with van der Waals surface area (Å²) >= 11 is 0. The van der Waals surface area contributed by atoms with Crippen LogP contribution >= 0.6 is 0 Å². The first-order valence-corrected chi connectivity index (χ1v) is 7.49. The highest BCUT2D eigenvalue weighted by atomic mass is 16.4. The fourth-order valence-corrected chi connectivity index (χ4v) is 2.61. The Kier molecular flexibility index (Phi) is 6.18. The number of carboxylic acid groups (broad SMARTS) is 1. The first-order valence-electron chi connectivity index (χ1n) is 7.49. The molecule has 6 heteroatoms. The minimum atomic E-state index is -0.790. The number of hydrogen-bond acceptors (Lipinski definition) is 3. The number of amides is 2. The maximum Gasteiger partial charge on any atom is 0.303 e. The van der Waals surface area contributed by atoms with Gasteiger partial charge in [0.2, 0.25) is 11.8 Å². The lowest BCUT2D eigenvalue weighted by Crippen LogP contribution is -2.42. The average molecular weight is 298 g/mol. The van der Waals surface area contributed by atoms with E-state index in [0.717, 1.165) is 6.42 Å². The molecule has 0 saturated carbocycles. The first-order chi connectivity index (χ1) is 9.70. The Morgan fingerprint density at radius 1 is 1.38 bits per heavy atom. The second-order valence-corrected chi connectivity index (χ2v) is 6.73. The van der Waals surface area contributed by atoms with Crippen molar-refractivity contribution in [3.05, 3.63) is 0 Å². The molecule has 2 atom stereocenters. The third-order valence-electron chi connectivity index (χ3n) is 4.04. The highest BCUT2D eigenvalue weighted by molar-refractivity contribution is 5.90. The zero-order valence-electron chi connectivity index (χ0n) is 13.1. The van der Waals surface area contributed by atoms with Crippen LogP contribution in [0.25, 0.3) is 0 Å². The molecule has 1 heterocycles. The Morgan fingerprint density at radius 2 is 2.05 bits per heavy atom. The molecule has 0 radical (unpaired) electrons. The summed E-state index contributed by atoms with van der Waals surface area (Å²) in [6, 6.07) is -0.412. The van der Waals surface area contributed by atoms with Crippen LogP contribution in [0.4, 0.5) is 0 Å². The molecule has 3 N–H and O–H groups in total. The Bertz CT molecular complexity index is 401. The molecule has 6 nitrogen and oxygen atoms in total. The molecule has 1 aliphatic heterocycles. The molecular formula is C15H26N2O4. The Labute approximate surface area is 125 Å². The lowest BCUT2D eigenvalue weighted by Gasteiger charge is -2.30. The SMILES string of the molecule is CC(C)(C)C(CCNC(=O)[C@@H]1CCC(=O)N1)CCC(=O)O. The molecule has 0 aliphatic carbocycles. The van der Waals surface area contributed by atoms with E-state index in [1.807, 2.05) is 0 Å². The van der Waals surface area contributed by atoms with E-state index in [4.69, 9.17) is 5.11 Å². The van der Waals surface area contributed by atoms with Gasteiger partial charge in [-0.05, 0) is 30.6 Å². The van der Waals surface area contributed by atoms with Crippen LogP contribution in [0.2, 0.25) is 0 Å². The van der Waals surface area contributed by atoms with Crippen LogP contribution in [0.15, 0.2) is 0 Å². The van der Waals surface area contributed by atoms with Gasteiger partial charge in [0, 0.05) is 19.4 Å². The van der Waals surface area contributed by atoms with Gasteiger partial charge < -0.3 is 15.7 Å². The third kappa shape index (κ3) is 6.14. The van der Waals surface area contributed by atoms with Gasteiger partial charge in [-0.15, -0.1) is 0 Å². The minimum Gasteiger partial charge on any atom is -0.481 e. The minimum absolute atomic E-state index is 0.00174. The molecule has 0 aromatic heterocycles. The molecule has 1 fully saturated rings. The summed E-state index contributed by atoms with van der Waals surface area (Å²) in [5.74, 6) is -0.787. The normalized spacial score (nSPS) is 20.0. The molecule has 1 saturated heterocycles. The molecule has 120 valence electrons. The summed E-state index contributed by atoms with van der Waals surface area (Å²) in [5.41, 5.74) is 0.00174. The molecule has 1 aliphatic rings. The second-order valence-electron chi connectivity index (χ2n) is 6.73. The summed E-state index contributed by atoms with van der Waals surface area (Å²) in [6.45, 7) is 6.75. The van der Waals surface area contributed by atoms with Crippen molar-refractivity contribution in [2.75, 3.05) is 6.54 Å². The fraction of sp³-hybridized carbons (Fsp3) is 0.800.